The summed E-state index contributed by atoms with van der Waals surface area (Å²) in [6, 6.07) is 17.3. The van der Waals surface area contributed by atoms with Crippen LogP contribution in [-0.4, -0.2) is 56.3 Å². The maximum absolute atomic E-state index is 13.1. The van der Waals surface area contributed by atoms with Crippen LogP contribution in [0.3, 0.4) is 0 Å². The average Bonchev–Trinajstić information content (AvgIpc) is 3.42. The summed E-state index contributed by atoms with van der Waals surface area (Å²) in [7, 11) is -2.44. The molecule has 10 nitrogen and oxygen atoms in total. The van der Waals surface area contributed by atoms with Gasteiger partial charge in [-0.3, -0.25) is 9.59 Å². The van der Waals surface area contributed by atoms with Gasteiger partial charge in [0.15, 0.2) is 11.4 Å². The number of pyridine rings is 1. The van der Waals surface area contributed by atoms with Crippen molar-refractivity contribution in [2.24, 2.45) is 0 Å². The number of amides is 1. The fraction of sp³-hybridized carbons (Fsp3) is 0.269. The van der Waals surface area contributed by atoms with Crippen LogP contribution < -0.4 is 15.8 Å². The zero-order valence-electron chi connectivity index (χ0n) is 20.3. The smallest absolute Gasteiger partial charge is 0.325 e. The predicted octanol–water partition coefficient (Wildman–Crippen LogP) is 2.32. The van der Waals surface area contributed by atoms with Crippen molar-refractivity contribution in [2.75, 3.05) is 32.5 Å². The molecule has 1 aliphatic heterocycles. The van der Waals surface area contributed by atoms with E-state index in [1.807, 2.05) is 30.3 Å². The monoisotopic (exact) mass is 524 g/mol. The number of rotatable bonds is 9. The van der Waals surface area contributed by atoms with E-state index in [2.05, 4.69) is 15.0 Å². The van der Waals surface area contributed by atoms with Gasteiger partial charge in [-0.25, -0.2) is 13.4 Å². The van der Waals surface area contributed by atoms with Crippen LogP contribution in [0, 0.1) is 0 Å². The van der Waals surface area contributed by atoms with Gasteiger partial charge < -0.3 is 20.5 Å². The van der Waals surface area contributed by atoms with Gasteiger partial charge in [-0.2, -0.15) is 4.31 Å². The molecule has 0 radical (unpaired) electrons. The quantitative estimate of drug-likeness (QED) is 0.321. The molecule has 3 N–H and O–H groups in total. The SMILES string of the molecule is COC(=O)CNC(=O)c1ncc(C2CCN(S(=O)(=O)c3ccc(N)cc3)C2)cc1OCc1ccccc1. The maximum Gasteiger partial charge on any atom is 0.325 e. The van der Waals surface area contributed by atoms with Crippen molar-refractivity contribution in [2.45, 2.75) is 23.8 Å². The number of carbonyl (C=O) groups excluding carboxylic acids is 2. The van der Waals surface area contributed by atoms with E-state index in [-0.39, 0.29) is 42.0 Å². The van der Waals surface area contributed by atoms with E-state index in [4.69, 9.17) is 10.5 Å². The number of ether oxygens (including phenoxy) is 2. The van der Waals surface area contributed by atoms with Crippen LogP contribution in [-0.2, 0) is 26.2 Å². The third-order valence-electron chi connectivity index (χ3n) is 6.09. The molecule has 3 aromatic rings. The lowest BCUT2D eigenvalue weighted by molar-refractivity contribution is -0.139. The molecule has 0 aliphatic carbocycles. The second kappa shape index (κ2) is 11.4. The van der Waals surface area contributed by atoms with Crippen LogP contribution in [0.4, 0.5) is 5.69 Å². The highest BCUT2D eigenvalue weighted by atomic mass is 32.2. The Labute approximate surface area is 215 Å². The molecule has 1 amide bonds. The molecule has 4 rings (SSSR count). The Hall–Kier alpha value is -3.96. The van der Waals surface area contributed by atoms with Gasteiger partial charge in [0.05, 0.1) is 12.0 Å². The Kier molecular flexibility index (Phi) is 8.04. The molecule has 1 saturated heterocycles. The number of benzene rings is 2. The second-order valence-corrected chi connectivity index (χ2v) is 10.5. The van der Waals surface area contributed by atoms with Gasteiger partial charge in [-0.1, -0.05) is 30.3 Å². The molecule has 1 unspecified atom stereocenters. The first-order chi connectivity index (χ1) is 17.8. The van der Waals surface area contributed by atoms with Gasteiger partial charge in [0, 0.05) is 30.9 Å². The molecule has 0 saturated carbocycles. The Morgan fingerprint density at radius 3 is 2.57 bits per heavy atom. The lowest BCUT2D eigenvalue weighted by Gasteiger charge is -2.18. The van der Waals surface area contributed by atoms with Crippen molar-refractivity contribution in [3.63, 3.8) is 0 Å². The van der Waals surface area contributed by atoms with Crippen LogP contribution >= 0.6 is 0 Å². The first kappa shape index (κ1) is 26.1. The lowest BCUT2D eigenvalue weighted by atomic mass is 9.99. The molecule has 194 valence electrons. The lowest BCUT2D eigenvalue weighted by Crippen LogP contribution is -2.31. The number of nitrogens with two attached hydrogens (primary N) is 1. The van der Waals surface area contributed by atoms with Gasteiger partial charge in [0.1, 0.15) is 13.2 Å². The second-order valence-electron chi connectivity index (χ2n) is 8.57. The van der Waals surface area contributed by atoms with Crippen LogP contribution in [0.5, 0.6) is 5.75 Å². The van der Waals surface area contributed by atoms with Crippen LogP contribution in [0.1, 0.15) is 34.0 Å². The number of carbonyl (C=O) groups is 2. The minimum Gasteiger partial charge on any atom is -0.486 e. The summed E-state index contributed by atoms with van der Waals surface area (Å²) in [5.74, 6) is -1.07. The number of nitrogens with zero attached hydrogens (tertiary/aromatic N) is 2. The molecule has 0 bridgehead atoms. The zero-order valence-corrected chi connectivity index (χ0v) is 21.1. The topological polar surface area (TPSA) is 141 Å². The third kappa shape index (κ3) is 6.25. The van der Waals surface area contributed by atoms with Crippen LogP contribution in [0.2, 0.25) is 0 Å². The minimum atomic E-state index is -3.67. The van der Waals surface area contributed by atoms with Crippen molar-refractivity contribution in [1.82, 2.24) is 14.6 Å². The highest BCUT2D eigenvalue weighted by molar-refractivity contribution is 7.89. The number of hydrogen-bond donors (Lipinski definition) is 2. The summed E-state index contributed by atoms with van der Waals surface area (Å²) >= 11 is 0. The summed E-state index contributed by atoms with van der Waals surface area (Å²) in [4.78, 5) is 28.7. The first-order valence-electron chi connectivity index (χ1n) is 11.7. The van der Waals surface area contributed by atoms with E-state index in [1.165, 1.54) is 23.5 Å². The fourth-order valence-corrected chi connectivity index (χ4v) is 5.51. The molecule has 0 spiro atoms. The van der Waals surface area contributed by atoms with E-state index >= 15 is 0 Å². The molecule has 11 heteroatoms. The number of esters is 1. The fourth-order valence-electron chi connectivity index (χ4n) is 4.01. The molecule has 37 heavy (non-hydrogen) atoms. The highest BCUT2D eigenvalue weighted by Gasteiger charge is 2.34. The van der Waals surface area contributed by atoms with Crippen molar-refractivity contribution >= 4 is 27.6 Å². The number of aromatic nitrogens is 1. The zero-order chi connectivity index (χ0) is 26.4. The number of sulfonamides is 1. The van der Waals surface area contributed by atoms with Gasteiger partial charge in [0.25, 0.3) is 5.91 Å². The van der Waals surface area contributed by atoms with E-state index in [0.717, 1.165) is 11.1 Å². The summed E-state index contributed by atoms with van der Waals surface area (Å²) < 4.78 is 38.2. The first-order valence-corrected chi connectivity index (χ1v) is 13.1. The number of hydrogen-bond acceptors (Lipinski definition) is 8. The predicted molar refractivity (Wildman–Crippen MR) is 136 cm³/mol. The molecule has 1 aliphatic rings. The highest BCUT2D eigenvalue weighted by Crippen LogP contribution is 2.33. The van der Waals surface area contributed by atoms with E-state index in [9.17, 15) is 18.0 Å². The van der Waals surface area contributed by atoms with Crippen molar-refractivity contribution in [1.29, 1.82) is 0 Å². The van der Waals surface area contributed by atoms with E-state index in [0.29, 0.717) is 18.7 Å². The summed E-state index contributed by atoms with van der Waals surface area (Å²) in [5, 5.41) is 2.47. The molecular formula is C26H28N4O6S. The number of anilines is 1. The average molecular weight is 525 g/mol. The van der Waals surface area contributed by atoms with Crippen molar-refractivity contribution in [3.8, 4) is 5.75 Å². The van der Waals surface area contributed by atoms with Gasteiger partial charge in [-0.15, -0.1) is 0 Å². The van der Waals surface area contributed by atoms with Crippen LogP contribution in [0.25, 0.3) is 0 Å². The standard InChI is InChI=1S/C26H28N4O6S/c1-35-24(31)15-29-26(32)25-23(36-17-18-5-3-2-4-6-18)13-20(14-28-25)19-11-12-30(16-19)37(33,34)22-9-7-21(27)8-10-22/h2-10,13-14,19H,11-12,15-17,27H2,1H3,(H,29,32). The molecule has 1 fully saturated rings. The minimum absolute atomic E-state index is 0.0212. The molecule has 2 heterocycles. The Morgan fingerprint density at radius 2 is 1.86 bits per heavy atom. The van der Waals surface area contributed by atoms with Crippen molar-refractivity contribution < 1.29 is 27.5 Å². The Bertz CT molecular complexity index is 1360. The number of methoxy groups -OCH3 is 1. The third-order valence-corrected chi connectivity index (χ3v) is 7.97. The Balaban J connectivity index is 1.55. The normalized spacial score (nSPS) is 15.8. The van der Waals surface area contributed by atoms with Crippen LogP contribution in [0.15, 0.2) is 71.8 Å². The molecule has 1 atom stereocenters. The van der Waals surface area contributed by atoms with Gasteiger partial charge >= 0.3 is 5.97 Å². The summed E-state index contributed by atoms with van der Waals surface area (Å²) in [5.41, 5.74) is 7.85. The maximum atomic E-state index is 13.1. The number of nitrogen functional groups attached to an aromatic ring is 1. The molecule has 1 aromatic heterocycles. The van der Waals surface area contributed by atoms with Gasteiger partial charge in [0.2, 0.25) is 10.0 Å². The van der Waals surface area contributed by atoms with E-state index < -0.39 is 21.9 Å². The number of nitrogens with one attached hydrogen (secondary N) is 1. The molecular weight excluding hydrogens is 496 g/mol. The largest absolute Gasteiger partial charge is 0.486 e. The molecule has 2 aromatic carbocycles. The Morgan fingerprint density at radius 1 is 1.14 bits per heavy atom. The summed E-state index contributed by atoms with van der Waals surface area (Å²) in [6.07, 6.45) is 2.13. The van der Waals surface area contributed by atoms with Crippen molar-refractivity contribution in [3.05, 3.63) is 83.7 Å². The van der Waals surface area contributed by atoms with Gasteiger partial charge in [-0.05, 0) is 47.9 Å². The van der Waals surface area contributed by atoms with E-state index in [1.54, 1.807) is 24.4 Å². The summed E-state index contributed by atoms with van der Waals surface area (Å²) in [6.45, 7) is 0.502.